The van der Waals surface area contributed by atoms with Gasteiger partial charge in [0, 0.05) is 43.7 Å². The van der Waals surface area contributed by atoms with E-state index >= 15 is 0 Å². The Balaban J connectivity index is 1.47. The fourth-order valence-electron chi connectivity index (χ4n) is 4.85. The molecule has 0 bridgehead atoms. The molecule has 2 amide bonds. The zero-order valence-electron chi connectivity index (χ0n) is 21.0. The molecule has 0 aliphatic carbocycles. The summed E-state index contributed by atoms with van der Waals surface area (Å²) >= 11 is 0. The normalized spacial score (nSPS) is 16.1. The van der Waals surface area contributed by atoms with Crippen LogP contribution < -0.4 is 15.5 Å². The number of fused-ring (bicyclic) bond motifs is 1. The molecular formula is C24H20F5N7O4S. The van der Waals surface area contributed by atoms with Crippen LogP contribution in [0.1, 0.15) is 27.2 Å². The molecule has 0 saturated carbocycles. The van der Waals surface area contributed by atoms with Crippen LogP contribution in [0.25, 0.3) is 5.82 Å². The molecule has 2 aromatic heterocycles. The number of carbonyl (C=O) groups is 2. The molecule has 0 unspecified atom stereocenters. The molecule has 17 heteroatoms. The van der Waals surface area contributed by atoms with Crippen LogP contribution in [0.3, 0.4) is 0 Å². The molecular weight excluding hydrogens is 577 g/mol. The van der Waals surface area contributed by atoms with Crippen molar-refractivity contribution in [3.8, 4) is 5.82 Å². The average molecular weight is 598 g/mol. The maximum absolute atomic E-state index is 14.5. The number of pyridine rings is 1. The van der Waals surface area contributed by atoms with Gasteiger partial charge >= 0.3 is 6.18 Å². The minimum absolute atomic E-state index is 0.00890. The molecule has 41 heavy (non-hydrogen) atoms. The van der Waals surface area contributed by atoms with E-state index in [2.05, 4.69) is 20.7 Å². The Bertz CT molecular complexity index is 1680. The van der Waals surface area contributed by atoms with Gasteiger partial charge in [0.15, 0.2) is 21.5 Å². The Labute approximate surface area is 228 Å². The van der Waals surface area contributed by atoms with Crippen LogP contribution in [0.2, 0.25) is 0 Å². The predicted molar refractivity (Wildman–Crippen MR) is 135 cm³/mol. The van der Waals surface area contributed by atoms with Gasteiger partial charge in [-0.05, 0) is 24.3 Å². The van der Waals surface area contributed by atoms with Crippen molar-refractivity contribution in [2.75, 3.05) is 35.3 Å². The van der Waals surface area contributed by atoms with Crippen LogP contribution in [0, 0.1) is 17.0 Å². The van der Waals surface area contributed by atoms with Gasteiger partial charge < -0.3 is 20.9 Å². The fourth-order valence-corrected chi connectivity index (χ4v) is 5.40. The number of carbonyl (C=O) groups excluding carboxylic acids is 2. The van der Waals surface area contributed by atoms with E-state index < -0.39 is 62.0 Å². The number of halogens is 5. The molecule has 1 aromatic carbocycles. The third kappa shape index (κ3) is 5.36. The first-order valence-corrected chi connectivity index (χ1v) is 13.9. The second kappa shape index (κ2) is 9.60. The number of hydrogen-bond acceptors (Lipinski definition) is 8. The third-order valence-electron chi connectivity index (χ3n) is 6.52. The molecule has 11 nitrogen and oxygen atoms in total. The van der Waals surface area contributed by atoms with Gasteiger partial charge in [-0.2, -0.15) is 23.0 Å². The molecule has 2 aliphatic rings. The Morgan fingerprint density at radius 3 is 2.41 bits per heavy atom. The zero-order chi connectivity index (χ0) is 29.9. The quantitative estimate of drug-likeness (QED) is 0.291. The first-order valence-electron chi connectivity index (χ1n) is 11.8. The average Bonchev–Trinajstić information content (AvgIpc) is 3.19. The minimum atomic E-state index is -4.94. The molecule has 1 fully saturated rings. The van der Waals surface area contributed by atoms with Crippen molar-refractivity contribution < 1.29 is 40.0 Å². The summed E-state index contributed by atoms with van der Waals surface area (Å²) in [6.45, 7) is -0.321. The Morgan fingerprint density at radius 1 is 1.22 bits per heavy atom. The summed E-state index contributed by atoms with van der Waals surface area (Å²) in [7, 11) is -3.72. The SMILES string of the molecule is CS(=O)(=O)CC(=O)Nc1c2c(nn1-c1ccc(C=N)cn1)CC1(CN(c3c(F)cc(C(F)(F)F)cc3F)C1)NC2=O. The molecule has 2 aliphatic heterocycles. The number of hydrogen-bond donors (Lipinski definition) is 3. The van der Waals surface area contributed by atoms with Crippen LogP contribution in [0.4, 0.5) is 33.5 Å². The van der Waals surface area contributed by atoms with E-state index in [4.69, 9.17) is 5.41 Å². The van der Waals surface area contributed by atoms with Crippen molar-refractivity contribution in [1.29, 1.82) is 5.41 Å². The lowest BCUT2D eigenvalue weighted by Gasteiger charge is -2.52. The van der Waals surface area contributed by atoms with Crippen molar-refractivity contribution in [2.45, 2.75) is 18.1 Å². The molecule has 3 N–H and O–H groups in total. The van der Waals surface area contributed by atoms with Crippen LogP contribution >= 0.6 is 0 Å². The van der Waals surface area contributed by atoms with E-state index in [-0.39, 0.29) is 54.5 Å². The maximum Gasteiger partial charge on any atom is 0.416 e. The summed E-state index contributed by atoms with van der Waals surface area (Å²) < 4.78 is 92.2. The van der Waals surface area contributed by atoms with Crippen molar-refractivity contribution in [3.05, 3.63) is 64.5 Å². The molecule has 4 heterocycles. The van der Waals surface area contributed by atoms with Gasteiger partial charge in [-0.25, -0.2) is 22.2 Å². The monoisotopic (exact) mass is 597 g/mol. The number of nitrogens with zero attached hydrogens (tertiary/aromatic N) is 4. The Morgan fingerprint density at radius 2 is 1.88 bits per heavy atom. The third-order valence-corrected chi connectivity index (χ3v) is 7.31. The van der Waals surface area contributed by atoms with Gasteiger partial charge in [0.1, 0.15) is 28.6 Å². The van der Waals surface area contributed by atoms with Crippen molar-refractivity contribution in [1.82, 2.24) is 20.1 Å². The lowest BCUT2D eigenvalue weighted by molar-refractivity contribution is -0.138. The van der Waals surface area contributed by atoms with Crippen LogP contribution in [-0.4, -0.2) is 71.8 Å². The lowest BCUT2D eigenvalue weighted by atomic mass is 9.80. The Hall–Kier alpha value is -4.41. The smallest absolute Gasteiger partial charge is 0.362 e. The summed E-state index contributed by atoms with van der Waals surface area (Å²) in [5.74, 6) is -5.39. The number of alkyl halides is 3. The first kappa shape index (κ1) is 28.1. The highest BCUT2D eigenvalue weighted by molar-refractivity contribution is 7.91. The number of nitrogens with one attached hydrogen (secondary N) is 3. The van der Waals surface area contributed by atoms with Gasteiger partial charge in [-0.1, -0.05) is 0 Å². The predicted octanol–water partition coefficient (Wildman–Crippen LogP) is 2.09. The van der Waals surface area contributed by atoms with Crippen LogP contribution in [0.5, 0.6) is 0 Å². The molecule has 1 spiro atoms. The van der Waals surface area contributed by atoms with Crippen LogP contribution in [0.15, 0.2) is 30.5 Å². The number of sulfone groups is 1. The number of benzene rings is 1. The lowest BCUT2D eigenvalue weighted by Crippen LogP contribution is -2.73. The summed E-state index contributed by atoms with van der Waals surface area (Å²) in [6, 6.07) is 3.38. The second-order valence-corrected chi connectivity index (χ2v) is 12.0. The van der Waals surface area contributed by atoms with Gasteiger partial charge in [-0.15, -0.1) is 0 Å². The molecule has 3 aromatic rings. The molecule has 5 rings (SSSR count). The van der Waals surface area contributed by atoms with Crippen molar-refractivity contribution >= 4 is 39.4 Å². The van der Waals surface area contributed by atoms with Crippen molar-refractivity contribution in [3.63, 3.8) is 0 Å². The van der Waals surface area contributed by atoms with Gasteiger partial charge in [0.05, 0.1) is 16.8 Å². The molecule has 0 radical (unpaired) electrons. The number of aromatic nitrogens is 3. The minimum Gasteiger partial charge on any atom is -0.362 e. The van der Waals surface area contributed by atoms with E-state index in [0.29, 0.717) is 5.56 Å². The number of rotatable bonds is 6. The van der Waals surface area contributed by atoms with Crippen molar-refractivity contribution in [2.24, 2.45) is 0 Å². The van der Waals surface area contributed by atoms with Crippen LogP contribution in [-0.2, 0) is 27.2 Å². The van der Waals surface area contributed by atoms with Gasteiger partial charge in [0.25, 0.3) is 5.91 Å². The van der Waals surface area contributed by atoms with E-state index in [1.165, 1.54) is 18.3 Å². The highest BCUT2D eigenvalue weighted by atomic mass is 32.2. The van der Waals surface area contributed by atoms with E-state index in [1.54, 1.807) is 0 Å². The van der Waals surface area contributed by atoms with Gasteiger partial charge in [0.2, 0.25) is 5.91 Å². The largest absolute Gasteiger partial charge is 0.416 e. The Kier molecular flexibility index (Phi) is 6.59. The highest BCUT2D eigenvalue weighted by Crippen LogP contribution is 2.40. The standard InChI is InChI=1S/C24H20F5N7O4S/c1-41(39,40)9-18(37)32-21-19-16(34-36(21)17-3-2-12(7-30)8-31-17)6-23(33-22(19)38)10-35(11-23)20-14(25)4-13(5-15(20)26)24(27,28)29/h2-5,7-8,30H,6,9-11H2,1H3,(H,32,37)(H,33,38). The topological polar surface area (TPSA) is 150 Å². The van der Waals surface area contributed by atoms with E-state index in [9.17, 15) is 40.0 Å². The summed E-state index contributed by atoms with van der Waals surface area (Å²) in [6.07, 6.45) is -1.69. The fraction of sp³-hybridized carbons (Fsp3) is 0.292. The molecule has 1 saturated heterocycles. The van der Waals surface area contributed by atoms with E-state index in [1.807, 2.05) is 0 Å². The number of anilines is 2. The molecule has 0 atom stereocenters. The highest BCUT2D eigenvalue weighted by Gasteiger charge is 2.51. The summed E-state index contributed by atoms with van der Waals surface area (Å²) in [4.78, 5) is 31.1. The molecule has 216 valence electrons. The zero-order valence-corrected chi connectivity index (χ0v) is 21.8. The second-order valence-electron chi connectivity index (χ2n) is 9.85. The number of amides is 2. The summed E-state index contributed by atoms with van der Waals surface area (Å²) in [5, 5.41) is 16.9. The van der Waals surface area contributed by atoms with Gasteiger partial charge in [-0.3, -0.25) is 9.59 Å². The first-order chi connectivity index (χ1) is 19.1. The summed E-state index contributed by atoms with van der Waals surface area (Å²) in [5.41, 5.74) is -2.70. The maximum atomic E-state index is 14.5. The van der Waals surface area contributed by atoms with E-state index in [0.717, 1.165) is 22.1 Å².